The first-order chi connectivity index (χ1) is 9.28. The first-order valence-electron chi connectivity index (χ1n) is 6.99. The second kappa shape index (κ2) is 6.53. The van der Waals surface area contributed by atoms with Gasteiger partial charge in [-0.3, -0.25) is 4.68 Å². The van der Waals surface area contributed by atoms with Gasteiger partial charge in [-0.25, -0.2) is 0 Å². The summed E-state index contributed by atoms with van der Waals surface area (Å²) >= 11 is 0. The summed E-state index contributed by atoms with van der Waals surface area (Å²) in [6, 6.07) is 10.3. The van der Waals surface area contributed by atoms with E-state index in [1.54, 1.807) is 0 Å². The van der Waals surface area contributed by atoms with Crippen LogP contribution in [-0.2, 0) is 13.2 Å². The third-order valence-electron chi connectivity index (χ3n) is 3.60. The summed E-state index contributed by atoms with van der Waals surface area (Å²) in [5, 5.41) is 14.2. The van der Waals surface area contributed by atoms with Crippen LogP contribution in [0, 0.1) is 0 Å². The smallest absolute Gasteiger partial charge is 0.0715 e. The molecule has 1 aromatic heterocycles. The van der Waals surface area contributed by atoms with E-state index in [-0.39, 0.29) is 6.61 Å². The lowest BCUT2D eigenvalue weighted by molar-refractivity contribution is 0.279. The molecule has 3 nitrogen and oxygen atoms in total. The molecule has 0 aliphatic carbocycles. The Labute approximate surface area is 114 Å². The van der Waals surface area contributed by atoms with Crippen LogP contribution < -0.4 is 0 Å². The maximum Gasteiger partial charge on any atom is 0.0715 e. The van der Waals surface area contributed by atoms with Gasteiger partial charge >= 0.3 is 0 Å². The van der Waals surface area contributed by atoms with Gasteiger partial charge in [0.25, 0.3) is 0 Å². The molecular formula is C16H22N2O. The fraction of sp³-hybridized carbons (Fsp3) is 0.438. The van der Waals surface area contributed by atoms with Gasteiger partial charge in [-0.1, -0.05) is 44.2 Å². The molecule has 0 saturated carbocycles. The quantitative estimate of drug-likeness (QED) is 0.863. The number of nitrogens with zero attached hydrogens (tertiary/aromatic N) is 2. The summed E-state index contributed by atoms with van der Waals surface area (Å²) in [6.45, 7) is 5.17. The molecule has 0 amide bonds. The van der Waals surface area contributed by atoms with Crippen molar-refractivity contribution in [2.24, 2.45) is 0 Å². The molecule has 0 bridgehead atoms. The number of hydrogen-bond donors (Lipinski definition) is 1. The molecule has 0 spiro atoms. The molecule has 0 radical (unpaired) electrons. The van der Waals surface area contributed by atoms with Crippen molar-refractivity contribution in [3.05, 3.63) is 53.3 Å². The Kier molecular flexibility index (Phi) is 4.74. The van der Waals surface area contributed by atoms with Crippen LogP contribution in [0.3, 0.4) is 0 Å². The van der Waals surface area contributed by atoms with Gasteiger partial charge in [0.2, 0.25) is 0 Å². The Bertz CT molecular complexity index is 501. The van der Waals surface area contributed by atoms with E-state index in [1.165, 1.54) is 5.56 Å². The van der Waals surface area contributed by atoms with Gasteiger partial charge in [-0.15, -0.1) is 0 Å². The lowest BCUT2D eigenvalue weighted by atomic mass is 9.97. The van der Waals surface area contributed by atoms with Gasteiger partial charge in [0.05, 0.1) is 18.8 Å². The predicted molar refractivity (Wildman–Crippen MR) is 77.0 cm³/mol. The van der Waals surface area contributed by atoms with E-state index in [0.29, 0.717) is 5.92 Å². The molecule has 0 unspecified atom stereocenters. The van der Waals surface area contributed by atoms with Crippen molar-refractivity contribution in [2.45, 2.75) is 45.8 Å². The Morgan fingerprint density at radius 2 is 1.84 bits per heavy atom. The molecule has 0 aliphatic heterocycles. The highest BCUT2D eigenvalue weighted by Gasteiger charge is 2.16. The standard InChI is InChI=1S/C16H22N2O/c1-3-14(4-2)16-15(12-19)11-18(17-16)10-13-8-6-5-7-9-13/h5-9,11,14,19H,3-4,10,12H2,1-2H3. The van der Waals surface area contributed by atoms with E-state index < -0.39 is 0 Å². The Hall–Kier alpha value is -1.61. The summed E-state index contributed by atoms with van der Waals surface area (Å²) in [4.78, 5) is 0. The van der Waals surface area contributed by atoms with Crippen LogP contribution in [0.4, 0.5) is 0 Å². The van der Waals surface area contributed by atoms with Crippen molar-refractivity contribution in [1.29, 1.82) is 0 Å². The molecule has 0 fully saturated rings. The molecular weight excluding hydrogens is 236 g/mol. The minimum Gasteiger partial charge on any atom is -0.392 e. The second-order valence-corrected chi connectivity index (χ2v) is 4.89. The van der Waals surface area contributed by atoms with Gasteiger partial charge in [0.15, 0.2) is 0 Å². The lowest BCUT2D eigenvalue weighted by Crippen LogP contribution is -2.03. The van der Waals surface area contributed by atoms with Gasteiger partial charge in [0, 0.05) is 17.7 Å². The Balaban J connectivity index is 2.23. The summed E-state index contributed by atoms with van der Waals surface area (Å²) < 4.78 is 1.94. The van der Waals surface area contributed by atoms with Crippen molar-refractivity contribution >= 4 is 0 Å². The van der Waals surface area contributed by atoms with Gasteiger partial charge in [0.1, 0.15) is 0 Å². The largest absolute Gasteiger partial charge is 0.392 e. The van der Waals surface area contributed by atoms with Crippen LogP contribution in [0.2, 0.25) is 0 Å². The number of hydrogen-bond acceptors (Lipinski definition) is 2. The number of aliphatic hydroxyl groups is 1. The summed E-state index contributed by atoms with van der Waals surface area (Å²) in [5.74, 6) is 0.444. The summed E-state index contributed by atoms with van der Waals surface area (Å²) in [6.07, 6.45) is 4.10. The average Bonchev–Trinajstić information content (AvgIpc) is 2.84. The van der Waals surface area contributed by atoms with Crippen LogP contribution in [-0.4, -0.2) is 14.9 Å². The molecule has 0 aliphatic rings. The average molecular weight is 258 g/mol. The van der Waals surface area contributed by atoms with Crippen molar-refractivity contribution in [1.82, 2.24) is 9.78 Å². The first kappa shape index (κ1) is 13.8. The monoisotopic (exact) mass is 258 g/mol. The number of benzene rings is 1. The van der Waals surface area contributed by atoms with E-state index in [9.17, 15) is 5.11 Å². The number of aliphatic hydroxyl groups excluding tert-OH is 1. The van der Waals surface area contributed by atoms with E-state index in [1.807, 2.05) is 29.1 Å². The maximum absolute atomic E-state index is 9.48. The van der Waals surface area contributed by atoms with Crippen LogP contribution >= 0.6 is 0 Å². The first-order valence-corrected chi connectivity index (χ1v) is 6.99. The number of rotatable bonds is 6. The molecule has 1 N–H and O–H groups in total. The predicted octanol–water partition coefficient (Wildman–Crippen LogP) is 3.33. The molecule has 2 aromatic rings. The minimum absolute atomic E-state index is 0.0701. The molecule has 1 aromatic carbocycles. The normalized spacial score (nSPS) is 11.2. The van der Waals surface area contributed by atoms with Gasteiger partial charge in [-0.05, 0) is 18.4 Å². The third kappa shape index (κ3) is 3.24. The number of aromatic nitrogens is 2. The van der Waals surface area contributed by atoms with E-state index in [2.05, 4.69) is 31.1 Å². The molecule has 19 heavy (non-hydrogen) atoms. The fourth-order valence-corrected chi connectivity index (χ4v) is 2.47. The van der Waals surface area contributed by atoms with Crippen molar-refractivity contribution in [3.63, 3.8) is 0 Å². The molecule has 0 atom stereocenters. The Morgan fingerprint density at radius 1 is 1.16 bits per heavy atom. The van der Waals surface area contributed by atoms with Crippen molar-refractivity contribution < 1.29 is 5.11 Å². The highest BCUT2D eigenvalue weighted by molar-refractivity contribution is 5.22. The SMILES string of the molecule is CCC(CC)c1nn(Cc2ccccc2)cc1CO. The van der Waals surface area contributed by atoms with Gasteiger partial charge < -0.3 is 5.11 Å². The van der Waals surface area contributed by atoms with E-state index >= 15 is 0 Å². The maximum atomic E-state index is 9.48. The Morgan fingerprint density at radius 3 is 2.42 bits per heavy atom. The minimum atomic E-state index is 0.0701. The molecule has 0 saturated heterocycles. The second-order valence-electron chi connectivity index (χ2n) is 4.89. The van der Waals surface area contributed by atoms with E-state index in [0.717, 1.165) is 30.6 Å². The summed E-state index contributed by atoms with van der Waals surface area (Å²) in [5.41, 5.74) is 3.25. The fourth-order valence-electron chi connectivity index (χ4n) is 2.47. The van der Waals surface area contributed by atoms with Crippen LogP contribution in [0.5, 0.6) is 0 Å². The topological polar surface area (TPSA) is 38.0 Å². The zero-order chi connectivity index (χ0) is 13.7. The van der Waals surface area contributed by atoms with Gasteiger partial charge in [-0.2, -0.15) is 5.10 Å². The van der Waals surface area contributed by atoms with Crippen LogP contribution in [0.25, 0.3) is 0 Å². The molecule has 1 heterocycles. The summed E-state index contributed by atoms with van der Waals surface area (Å²) in [7, 11) is 0. The lowest BCUT2D eigenvalue weighted by Gasteiger charge is -2.10. The molecule has 3 heteroatoms. The molecule has 2 rings (SSSR count). The van der Waals surface area contributed by atoms with E-state index in [4.69, 9.17) is 0 Å². The van der Waals surface area contributed by atoms with Crippen molar-refractivity contribution in [3.8, 4) is 0 Å². The van der Waals surface area contributed by atoms with Crippen LogP contribution in [0.15, 0.2) is 36.5 Å². The highest BCUT2D eigenvalue weighted by Crippen LogP contribution is 2.25. The third-order valence-corrected chi connectivity index (χ3v) is 3.60. The highest BCUT2D eigenvalue weighted by atomic mass is 16.3. The zero-order valence-electron chi connectivity index (χ0n) is 11.7. The molecule has 102 valence electrons. The van der Waals surface area contributed by atoms with Crippen LogP contribution in [0.1, 0.15) is 49.4 Å². The zero-order valence-corrected chi connectivity index (χ0v) is 11.7. The van der Waals surface area contributed by atoms with Crippen molar-refractivity contribution in [2.75, 3.05) is 0 Å².